The van der Waals surface area contributed by atoms with E-state index in [-0.39, 0.29) is 11.6 Å². The second-order valence-electron chi connectivity index (χ2n) is 7.54. The van der Waals surface area contributed by atoms with Crippen LogP contribution in [0.15, 0.2) is 36.5 Å². The van der Waals surface area contributed by atoms with Crippen molar-refractivity contribution in [2.75, 3.05) is 0 Å². The summed E-state index contributed by atoms with van der Waals surface area (Å²) in [6, 6.07) is 8.18. The first kappa shape index (κ1) is 20.8. The summed E-state index contributed by atoms with van der Waals surface area (Å²) in [5.41, 5.74) is 0.279. The molecule has 7 heteroatoms. The van der Waals surface area contributed by atoms with Gasteiger partial charge < -0.3 is 15.7 Å². The number of benzene rings is 1. The molecule has 1 heterocycles. The predicted molar refractivity (Wildman–Crippen MR) is 109 cm³/mol. The van der Waals surface area contributed by atoms with Crippen LogP contribution in [0.3, 0.4) is 0 Å². The molecule has 3 atom stereocenters. The number of amides is 2. The fourth-order valence-electron chi connectivity index (χ4n) is 3.92. The highest BCUT2D eigenvalue weighted by Crippen LogP contribution is 2.26. The summed E-state index contributed by atoms with van der Waals surface area (Å²) in [5.74, 6) is -2.19. The van der Waals surface area contributed by atoms with Gasteiger partial charge >= 0.3 is 5.97 Å². The first-order chi connectivity index (χ1) is 14.0. The number of aromatic nitrogens is 1. The summed E-state index contributed by atoms with van der Waals surface area (Å²) in [6.07, 6.45) is 5.70. The summed E-state index contributed by atoms with van der Waals surface area (Å²) in [4.78, 5) is 41.4. The largest absolute Gasteiger partial charge is 0.481 e. The summed E-state index contributed by atoms with van der Waals surface area (Å²) >= 11 is 0. The van der Waals surface area contributed by atoms with E-state index in [2.05, 4.69) is 15.6 Å². The Morgan fingerprint density at radius 3 is 2.76 bits per heavy atom. The lowest BCUT2D eigenvalue weighted by molar-refractivity contribution is -0.142. The Bertz CT molecular complexity index is 893. The van der Waals surface area contributed by atoms with Crippen molar-refractivity contribution >= 4 is 28.6 Å². The number of carboxylic acid groups (broad SMARTS) is 1. The molecule has 29 heavy (non-hydrogen) atoms. The molecule has 1 saturated carbocycles. The summed E-state index contributed by atoms with van der Waals surface area (Å²) in [7, 11) is 0. The van der Waals surface area contributed by atoms with Crippen LogP contribution in [0.25, 0.3) is 10.8 Å². The molecule has 0 unspecified atom stereocenters. The fourth-order valence-corrected chi connectivity index (χ4v) is 3.92. The summed E-state index contributed by atoms with van der Waals surface area (Å²) in [5, 5.41) is 16.6. The Hall–Kier alpha value is -2.96. The van der Waals surface area contributed by atoms with E-state index in [4.69, 9.17) is 0 Å². The van der Waals surface area contributed by atoms with Gasteiger partial charge in [-0.05, 0) is 30.7 Å². The minimum Gasteiger partial charge on any atom is -0.481 e. The third-order valence-corrected chi connectivity index (χ3v) is 5.52. The Balaban J connectivity index is 1.75. The summed E-state index contributed by atoms with van der Waals surface area (Å²) < 4.78 is 0. The molecular weight excluding hydrogens is 370 g/mol. The maximum absolute atomic E-state index is 12.9. The van der Waals surface area contributed by atoms with Crippen LogP contribution >= 0.6 is 0 Å². The third-order valence-electron chi connectivity index (χ3n) is 5.52. The van der Waals surface area contributed by atoms with Gasteiger partial charge in [-0.2, -0.15) is 0 Å². The van der Waals surface area contributed by atoms with Gasteiger partial charge in [0.05, 0.1) is 5.92 Å². The highest BCUT2D eigenvalue weighted by Gasteiger charge is 2.35. The standard InChI is InChI=1S/C22H27N3O4/c1-2-3-10-18(20(26)24-17-11-6-9-16(17)22(28)29)25-21(27)19-15-8-5-4-7-14(15)12-13-23-19/h4-5,7-8,12-13,16-18H,2-3,6,9-11H2,1H3,(H,24,26)(H,25,27)(H,28,29)/t16-,17+,18+/m1/s1. The van der Waals surface area contributed by atoms with Crippen LogP contribution < -0.4 is 10.6 Å². The molecule has 2 amide bonds. The van der Waals surface area contributed by atoms with Crippen molar-refractivity contribution in [3.05, 3.63) is 42.2 Å². The highest BCUT2D eigenvalue weighted by molar-refractivity contribution is 6.06. The summed E-state index contributed by atoms with van der Waals surface area (Å²) in [6.45, 7) is 2.01. The zero-order valence-electron chi connectivity index (χ0n) is 16.6. The van der Waals surface area contributed by atoms with E-state index in [0.717, 1.165) is 30.0 Å². The number of pyridine rings is 1. The molecule has 1 fully saturated rings. The van der Waals surface area contributed by atoms with Crippen molar-refractivity contribution < 1.29 is 19.5 Å². The number of unbranched alkanes of at least 4 members (excludes halogenated alkanes) is 1. The van der Waals surface area contributed by atoms with Crippen LogP contribution in [0, 0.1) is 5.92 Å². The SMILES string of the molecule is CCCC[C@H](NC(=O)c1nccc2ccccc12)C(=O)N[C@H]1CCC[C@H]1C(=O)O. The molecule has 1 aromatic heterocycles. The lowest BCUT2D eigenvalue weighted by Crippen LogP contribution is -2.51. The van der Waals surface area contributed by atoms with E-state index in [1.54, 1.807) is 6.20 Å². The van der Waals surface area contributed by atoms with Gasteiger partial charge in [0.2, 0.25) is 5.91 Å². The van der Waals surface area contributed by atoms with E-state index in [1.165, 1.54) is 0 Å². The minimum atomic E-state index is -0.887. The first-order valence-corrected chi connectivity index (χ1v) is 10.2. The number of carbonyl (C=O) groups is 3. The van der Waals surface area contributed by atoms with Gasteiger partial charge in [-0.15, -0.1) is 0 Å². The van der Waals surface area contributed by atoms with Crippen molar-refractivity contribution in [3.63, 3.8) is 0 Å². The van der Waals surface area contributed by atoms with E-state index < -0.39 is 29.9 Å². The van der Waals surface area contributed by atoms with Gasteiger partial charge in [-0.1, -0.05) is 50.5 Å². The normalized spacial score (nSPS) is 19.6. The number of carboxylic acids is 1. The second-order valence-corrected chi connectivity index (χ2v) is 7.54. The molecule has 0 saturated heterocycles. The second kappa shape index (κ2) is 9.49. The van der Waals surface area contributed by atoms with Gasteiger partial charge in [0.1, 0.15) is 11.7 Å². The highest BCUT2D eigenvalue weighted by atomic mass is 16.4. The average molecular weight is 397 g/mol. The molecule has 3 N–H and O–H groups in total. The Labute approximate surface area is 169 Å². The molecule has 154 valence electrons. The Morgan fingerprint density at radius 1 is 1.21 bits per heavy atom. The Kier molecular flexibility index (Phi) is 6.80. The number of hydrogen-bond donors (Lipinski definition) is 3. The Morgan fingerprint density at radius 2 is 2.00 bits per heavy atom. The van der Waals surface area contributed by atoms with Crippen molar-refractivity contribution in [2.45, 2.75) is 57.5 Å². The molecule has 1 aromatic carbocycles. The maximum Gasteiger partial charge on any atom is 0.308 e. The number of carbonyl (C=O) groups excluding carboxylic acids is 2. The van der Waals surface area contributed by atoms with Crippen LogP contribution in [-0.4, -0.2) is 40.0 Å². The van der Waals surface area contributed by atoms with Crippen LogP contribution in [0.4, 0.5) is 0 Å². The molecule has 1 aliphatic rings. The molecule has 0 radical (unpaired) electrons. The molecular formula is C22H27N3O4. The molecule has 0 aliphatic heterocycles. The van der Waals surface area contributed by atoms with Crippen LogP contribution in [0.5, 0.6) is 0 Å². The molecule has 1 aliphatic carbocycles. The van der Waals surface area contributed by atoms with Crippen LogP contribution in [0.1, 0.15) is 55.9 Å². The number of nitrogens with one attached hydrogen (secondary N) is 2. The van der Waals surface area contributed by atoms with Gasteiger partial charge in [0, 0.05) is 17.6 Å². The van der Waals surface area contributed by atoms with E-state index in [0.29, 0.717) is 19.3 Å². The lowest BCUT2D eigenvalue weighted by Gasteiger charge is -2.23. The van der Waals surface area contributed by atoms with E-state index >= 15 is 0 Å². The smallest absolute Gasteiger partial charge is 0.308 e. The lowest BCUT2D eigenvalue weighted by atomic mass is 10.0. The first-order valence-electron chi connectivity index (χ1n) is 10.2. The van der Waals surface area contributed by atoms with Crippen molar-refractivity contribution in [2.24, 2.45) is 5.92 Å². The van der Waals surface area contributed by atoms with Gasteiger partial charge in [0.15, 0.2) is 0 Å². The van der Waals surface area contributed by atoms with Crippen LogP contribution in [-0.2, 0) is 9.59 Å². The zero-order chi connectivity index (χ0) is 20.8. The quantitative estimate of drug-likeness (QED) is 0.635. The average Bonchev–Trinajstić information content (AvgIpc) is 3.18. The molecule has 0 bridgehead atoms. The number of fused-ring (bicyclic) bond motifs is 1. The molecule has 3 rings (SSSR count). The maximum atomic E-state index is 12.9. The minimum absolute atomic E-state index is 0.279. The predicted octanol–water partition coefficient (Wildman–Crippen LogP) is 2.89. The monoisotopic (exact) mass is 397 g/mol. The number of nitrogens with zero attached hydrogens (tertiary/aromatic N) is 1. The molecule has 2 aromatic rings. The van der Waals surface area contributed by atoms with Crippen molar-refractivity contribution in [1.82, 2.24) is 15.6 Å². The van der Waals surface area contributed by atoms with Crippen molar-refractivity contribution in [3.8, 4) is 0 Å². The number of rotatable bonds is 8. The molecule has 7 nitrogen and oxygen atoms in total. The number of aliphatic carboxylic acids is 1. The van der Waals surface area contributed by atoms with Crippen molar-refractivity contribution in [1.29, 1.82) is 0 Å². The van der Waals surface area contributed by atoms with Crippen LogP contribution in [0.2, 0.25) is 0 Å². The van der Waals surface area contributed by atoms with Gasteiger partial charge in [-0.3, -0.25) is 19.4 Å². The topological polar surface area (TPSA) is 108 Å². The van der Waals surface area contributed by atoms with Gasteiger partial charge in [-0.25, -0.2) is 0 Å². The van der Waals surface area contributed by atoms with Gasteiger partial charge in [0.25, 0.3) is 5.91 Å². The number of hydrogen-bond acceptors (Lipinski definition) is 4. The molecule has 0 spiro atoms. The third kappa shape index (κ3) is 4.91. The zero-order valence-corrected chi connectivity index (χ0v) is 16.6. The van der Waals surface area contributed by atoms with E-state index in [1.807, 2.05) is 37.3 Å². The fraction of sp³-hybridized carbons (Fsp3) is 0.455. The van der Waals surface area contributed by atoms with E-state index in [9.17, 15) is 19.5 Å².